The second-order valence-corrected chi connectivity index (χ2v) is 11.2. The fourth-order valence-electron chi connectivity index (χ4n) is 5.01. The van der Waals surface area contributed by atoms with Gasteiger partial charge in [-0.25, -0.2) is 9.18 Å². The zero-order valence-corrected chi connectivity index (χ0v) is 23.0. The number of aromatic nitrogens is 1. The van der Waals surface area contributed by atoms with Crippen LogP contribution in [0.25, 0.3) is 22.1 Å². The maximum absolute atomic E-state index is 14.8. The van der Waals surface area contributed by atoms with Gasteiger partial charge in [-0.05, 0) is 104 Å². The molecule has 0 atom stereocenters. The molecule has 5 rings (SSSR count). The van der Waals surface area contributed by atoms with Crippen molar-refractivity contribution >= 4 is 33.6 Å². The van der Waals surface area contributed by atoms with Crippen LogP contribution >= 0.6 is 22.6 Å². The molecule has 0 N–H and O–H groups in total. The van der Waals surface area contributed by atoms with Gasteiger partial charge in [0.2, 0.25) is 0 Å². The molecular weight excluding hydrogens is 570 g/mol. The van der Waals surface area contributed by atoms with Crippen molar-refractivity contribution in [3.8, 4) is 11.1 Å². The van der Waals surface area contributed by atoms with Gasteiger partial charge >= 0.3 is 5.63 Å². The largest absolute Gasteiger partial charge is 0.422 e. The van der Waals surface area contributed by atoms with Gasteiger partial charge in [-0.3, -0.25) is 4.79 Å². The zero-order valence-electron chi connectivity index (χ0n) is 20.8. The highest BCUT2D eigenvalue weighted by molar-refractivity contribution is 14.1. The van der Waals surface area contributed by atoms with Crippen LogP contribution in [-0.4, -0.2) is 23.6 Å². The Morgan fingerprint density at radius 3 is 2.53 bits per heavy atom. The summed E-state index contributed by atoms with van der Waals surface area (Å²) in [6.45, 7) is 4.34. The van der Waals surface area contributed by atoms with E-state index in [2.05, 4.69) is 39.6 Å². The Morgan fingerprint density at radius 2 is 1.86 bits per heavy atom. The lowest BCUT2D eigenvalue weighted by Gasteiger charge is -2.19. The van der Waals surface area contributed by atoms with E-state index in [-0.39, 0.29) is 29.4 Å². The molecule has 0 unspecified atom stereocenters. The molecule has 1 aliphatic rings. The molecule has 2 aromatic carbocycles. The van der Waals surface area contributed by atoms with Gasteiger partial charge in [0.15, 0.2) is 5.58 Å². The SMILES string of the molecule is Cc1c(Cc2ccc(I)cc2F)c2c(=O)n(C3CC3)c(C)c(-c3cccc(CN(C)C)c3)c2oc1=O. The maximum Gasteiger partial charge on any atom is 0.339 e. The average Bonchev–Trinajstić information content (AvgIpc) is 3.63. The predicted molar refractivity (Wildman–Crippen MR) is 149 cm³/mol. The number of hydrogen-bond acceptors (Lipinski definition) is 4. The van der Waals surface area contributed by atoms with Crippen LogP contribution in [0.1, 0.15) is 46.8 Å². The van der Waals surface area contributed by atoms with Crippen LogP contribution in [0, 0.1) is 23.2 Å². The number of fused-ring (bicyclic) bond motifs is 1. The second kappa shape index (κ2) is 9.59. The van der Waals surface area contributed by atoms with Gasteiger partial charge < -0.3 is 13.9 Å². The Kier molecular flexibility index (Phi) is 6.63. The van der Waals surface area contributed by atoms with Crippen molar-refractivity contribution in [2.45, 2.75) is 45.7 Å². The Bertz CT molecular complexity index is 1620. The number of halogens is 2. The first-order valence-corrected chi connectivity index (χ1v) is 13.1. The Morgan fingerprint density at radius 1 is 1.11 bits per heavy atom. The van der Waals surface area contributed by atoms with Crippen LogP contribution in [0.2, 0.25) is 0 Å². The number of pyridine rings is 1. The smallest absolute Gasteiger partial charge is 0.339 e. The second-order valence-electron chi connectivity index (χ2n) is 9.91. The molecule has 0 amide bonds. The summed E-state index contributed by atoms with van der Waals surface area (Å²) in [6, 6.07) is 13.3. The fraction of sp³-hybridized carbons (Fsp3) is 0.310. The van der Waals surface area contributed by atoms with Crippen molar-refractivity contribution in [1.82, 2.24) is 9.47 Å². The first kappa shape index (κ1) is 24.9. The molecule has 1 fully saturated rings. The summed E-state index contributed by atoms with van der Waals surface area (Å²) in [5.41, 5.74) is 4.47. The van der Waals surface area contributed by atoms with E-state index in [1.165, 1.54) is 6.07 Å². The third kappa shape index (κ3) is 4.54. The highest BCUT2D eigenvalue weighted by Crippen LogP contribution is 2.40. The summed E-state index contributed by atoms with van der Waals surface area (Å²) >= 11 is 2.07. The van der Waals surface area contributed by atoms with Crippen molar-refractivity contribution in [3.05, 3.63) is 101 Å². The van der Waals surface area contributed by atoms with Crippen molar-refractivity contribution in [2.75, 3.05) is 14.1 Å². The molecule has 0 bridgehead atoms. The van der Waals surface area contributed by atoms with E-state index >= 15 is 0 Å². The highest BCUT2D eigenvalue weighted by Gasteiger charge is 2.31. The molecule has 7 heteroatoms. The lowest BCUT2D eigenvalue weighted by Crippen LogP contribution is -2.25. The fourth-order valence-corrected chi connectivity index (χ4v) is 5.46. The monoisotopic (exact) mass is 598 g/mol. The van der Waals surface area contributed by atoms with E-state index in [4.69, 9.17) is 4.42 Å². The summed E-state index contributed by atoms with van der Waals surface area (Å²) in [5, 5.41) is 0.371. The summed E-state index contributed by atoms with van der Waals surface area (Å²) in [5.74, 6) is -0.353. The normalized spacial score (nSPS) is 13.6. The minimum atomic E-state index is -0.503. The molecule has 4 aromatic rings. The van der Waals surface area contributed by atoms with Crippen molar-refractivity contribution in [1.29, 1.82) is 0 Å². The van der Waals surface area contributed by atoms with Crippen molar-refractivity contribution < 1.29 is 8.81 Å². The Balaban J connectivity index is 1.84. The van der Waals surface area contributed by atoms with E-state index in [0.29, 0.717) is 22.1 Å². The Hall–Kier alpha value is -2.78. The summed E-state index contributed by atoms with van der Waals surface area (Å²) in [4.78, 5) is 29.1. The van der Waals surface area contributed by atoms with Crippen LogP contribution in [0.5, 0.6) is 0 Å². The molecule has 36 heavy (non-hydrogen) atoms. The van der Waals surface area contributed by atoms with E-state index in [9.17, 15) is 14.0 Å². The van der Waals surface area contributed by atoms with Gasteiger partial charge in [0.1, 0.15) is 5.82 Å². The summed E-state index contributed by atoms with van der Waals surface area (Å²) in [6.07, 6.45) is 2.01. The number of benzene rings is 2. The third-order valence-corrected chi connectivity index (χ3v) is 7.55. The average molecular weight is 598 g/mol. The molecular formula is C29H28FIN2O3. The maximum atomic E-state index is 14.8. The molecule has 0 spiro atoms. The number of rotatable bonds is 6. The van der Waals surface area contributed by atoms with E-state index in [1.54, 1.807) is 13.0 Å². The van der Waals surface area contributed by atoms with E-state index in [0.717, 1.165) is 45.3 Å². The molecule has 1 aliphatic carbocycles. The summed E-state index contributed by atoms with van der Waals surface area (Å²) in [7, 11) is 4.02. The molecule has 186 valence electrons. The van der Waals surface area contributed by atoms with Gasteiger partial charge in [-0.2, -0.15) is 0 Å². The van der Waals surface area contributed by atoms with Crippen LogP contribution in [0.4, 0.5) is 4.39 Å². The minimum Gasteiger partial charge on any atom is -0.422 e. The number of nitrogens with zero attached hydrogens (tertiary/aromatic N) is 2. The van der Waals surface area contributed by atoms with Crippen LogP contribution in [0.15, 0.2) is 56.5 Å². The van der Waals surface area contributed by atoms with E-state index in [1.807, 2.05) is 43.8 Å². The molecule has 2 heterocycles. The van der Waals surface area contributed by atoms with Crippen LogP contribution in [0.3, 0.4) is 0 Å². The predicted octanol–water partition coefficient (Wildman–Crippen LogP) is 5.97. The minimum absolute atomic E-state index is 0.126. The molecule has 0 saturated heterocycles. The van der Waals surface area contributed by atoms with Crippen molar-refractivity contribution in [3.63, 3.8) is 0 Å². The van der Waals surface area contributed by atoms with Gasteiger partial charge in [-0.1, -0.05) is 24.3 Å². The molecule has 0 radical (unpaired) electrons. The third-order valence-electron chi connectivity index (χ3n) is 6.87. The first-order valence-electron chi connectivity index (χ1n) is 12.0. The van der Waals surface area contributed by atoms with Crippen molar-refractivity contribution in [2.24, 2.45) is 0 Å². The number of hydrogen-bond donors (Lipinski definition) is 0. The zero-order chi connectivity index (χ0) is 25.7. The quantitative estimate of drug-likeness (QED) is 0.257. The summed E-state index contributed by atoms with van der Waals surface area (Å²) < 4.78 is 23.4. The lowest BCUT2D eigenvalue weighted by molar-refractivity contribution is 0.402. The van der Waals surface area contributed by atoms with Gasteiger partial charge in [0.25, 0.3) is 5.56 Å². The molecule has 0 aliphatic heterocycles. The van der Waals surface area contributed by atoms with Crippen LogP contribution in [-0.2, 0) is 13.0 Å². The molecule has 2 aromatic heterocycles. The topological polar surface area (TPSA) is 55.5 Å². The first-order chi connectivity index (χ1) is 17.2. The van der Waals surface area contributed by atoms with Gasteiger partial charge in [0, 0.05) is 39.4 Å². The Labute approximate surface area is 222 Å². The highest BCUT2D eigenvalue weighted by atomic mass is 127. The van der Waals surface area contributed by atoms with Gasteiger partial charge in [0.05, 0.1) is 5.39 Å². The van der Waals surface area contributed by atoms with Crippen LogP contribution < -0.4 is 11.2 Å². The van der Waals surface area contributed by atoms with Gasteiger partial charge in [-0.15, -0.1) is 0 Å². The standard InChI is InChI=1S/C29H28FIN2O3/c1-16-23(13-19-8-9-21(31)14-24(19)30)26-27(36-29(16)35)25(17(2)33(28(26)34)22-10-11-22)20-7-5-6-18(12-20)15-32(3)4/h5-9,12,14,22H,10-11,13,15H2,1-4H3. The molecule has 5 nitrogen and oxygen atoms in total. The lowest BCUT2D eigenvalue weighted by atomic mass is 9.94. The molecule has 1 saturated carbocycles. The van der Waals surface area contributed by atoms with E-state index < -0.39 is 5.63 Å².